The Morgan fingerprint density at radius 1 is 1.07 bits per heavy atom. The minimum Gasteiger partial charge on any atom is -0.432 e. The number of aromatic nitrogens is 4. The number of para-hydroxylation sites is 2. The van der Waals surface area contributed by atoms with Crippen LogP contribution < -0.4 is 15.4 Å². The highest BCUT2D eigenvalue weighted by Gasteiger charge is 2.28. The fourth-order valence-electron chi connectivity index (χ4n) is 5.02. The van der Waals surface area contributed by atoms with Gasteiger partial charge in [0.25, 0.3) is 5.56 Å². The van der Waals surface area contributed by atoms with Gasteiger partial charge in [0.2, 0.25) is 11.9 Å². The average Bonchev–Trinajstić information content (AvgIpc) is 3.31. The highest BCUT2D eigenvalue weighted by atomic mass is 19.1. The van der Waals surface area contributed by atoms with Gasteiger partial charge >= 0.3 is 6.16 Å². The summed E-state index contributed by atoms with van der Waals surface area (Å²) in [5.41, 5.74) is 2.61. The molecule has 1 fully saturated rings. The number of rotatable bonds is 8. The summed E-state index contributed by atoms with van der Waals surface area (Å²) in [7, 11) is 1.90. The minimum atomic E-state index is -0.837. The van der Waals surface area contributed by atoms with Gasteiger partial charge in [0.15, 0.2) is 6.73 Å². The molecule has 0 bridgehead atoms. The smallest absolute Gasteiger partial charge is 0.432 e. The van der Waals surface area contributed by atoms with Crippen LogP contribution in [0.25, 0.3) is 11.0 Å². The first-order valence-corrected chi connectivity index (χ1v) is 13.4. The maximum atomic E-state index is 13.5. The first kappa shape index (κ1) is 27.2. The maximum absolute atomic E-state index is 13.5. The molecule has 0 saturated carbocycles. The van der Waals surface area contributed by atoms with Gasteiger partial charge in [0.05, 0.1) is 23.7 Å². The van der Waals surface area contributed by atoms with Gasteiger partial charge in [0, 0.05) is 38.4 Å². The Balaban J connectivity index is 1.31. The van der Waals surface area contributed by atoms with Crippen molar-refractivity contribution in [2.75, 3.05) is 29.9 Å². The van der Waals surface area contributed by atoms with E-state index in [2.05, 4.69) is 20.5 Å². The number of benzene rings is 2. The van der Waals surface area contributed by atoms with Crippen molar-refractivity contribution in [2.24, 2.45) is 0 Å². The van der Waals surface area contributed by atoms with E-state index in [0.717, 1.165) is 48.5 Å². The first-order valence-electron chi connectivity index (χ1n) is 13.4. The molecule has 0 atom stereocenters. The Bertz CT molecular complexity index is 1530. The lowest BCUT2D eigenvalue weighted by Gasteiger charge is -2.38. The third-order valence-corrected chi connectivity index (χ3v) is 7.06. The standard InChI is InChI=1S/C29H33FN6O4/c1-20(2)40-29(38)39-19-36-26(37)12-15-31-27(36)33(3)23-13-16-34(17-14-23)28-32-24-6-4-5-7-25(24)35(28)18-21-8-10-22(30)11-9-21/h4-12,15,20,23H,13-14,16-19H2,1-3H3. The van der Waals surface area contributed by atoms with Crippen LogP contribution in [0.3, 0.4) is 0 Å². The van der Waals surface area contributed by atoms with Crippen molar-refractivity contribution < 1.29 is 18.7 Å². The molecular formula is C29H33FN6O4. The summed E-state index contributed by atoms with van der Waals surface area (Å²) in [5.74, 6) is 1.04. The topological polar surface area (TPSA) is 94.7 Å². The van der Waals surface area contributed by atoms with Gasteiger partial charge in [-0.05, 0) is 56.5 Å². The largest absolute Gasteiger partial charge is 0.510 e. The molecular weight excluding hydrogens is 515 g/mol. The summed E-state index contributed by atoms with van der Waals surface area (Å²) in [4.78, 5) is 38.1. The predicted octanol–water partition coefficient (Wildman–Crippen LogP) is 4.40. The summed E-state index contributed by atoms with van der Waals surface area (Å²) in [5, 5.41) is 0. The van der Waals surface area contributed by atoms with Crippen molar-refractivity contribution in [3.63, 3.8) is 0 Å². The molecule has 0 radical (unpaired) electrons. The van der Waals surface area contributed by atoms with E-state index in [4.69, 9.17) is 14.5 Å². The summed E-state index contributed by atoms with van der Waals surface area (Å²) >= 11 is 0. The Kier molecular flexibility index (Phi) is 7.99. The molecule has 11 heteroatoms. The van der Waals surface area contributed by atoms with Crippen LogP contribution >= 0.6 is 0 Å². The number of hydrogen-bond donors (Lipinski definition) is 0. The molecule has 1 aliphatic heterocycles. The van der Waals surface area contributed by atoms with E-state index in [9.17, 15) is 14.0 Å². The van der Waals surface area contributed by atoms with Gasteiger partial charge < -0.3 is 23.8 Å². The Morgan fingerprint density at radius 3 is 2.52 bits per heavy atom. The second kappa shape index (κ2) is 11.8. The second-order valence-electron chi connectivity index (χ2n) is 10.1. The Labute approximate surface area is 231 Å². The zero-order valence-electron chi connectivity index (χ0n) is 22.9. The van der Waals surface area contributed by atoms with Crippen molar-refractivity contribution in [2.45, 2.75) is 52.1 Å². The minimum absolute atomic E-state index is 0.106. The van der Waals surface area contributed by atoms with E-state index in [-0.39, 0.29) is 30.3 Å². The van der Waals surface area contributed by atoms with Gasteiger partial charge in [-0.15, -0.1) is 0 Å². The van der Waals surface area contributed by atoms with Crippen LogP contribution in [0.4, 0.5) is 21.1 Å². The van der Waals surface area contributed by atoms with Crippen molar-refractivity contribution in [3.05, 3.63) is 82.5 Å². The number of piperidine rings is 1. The molecule has 1 saturated heterocycles. The molecule has 0 spiro atoms. The van der Waals surface area contributed by atoms with Crippen LogP contribution in [0.2, 0.25) is 0 Å². The monoisotopic (exact) mass is 548 g/mol. The van der Waals surface area contributed by atoms with Crippen molar-refractivity contribution in [1.82, 2.24) is 19.1 Å². The highest BCUT2D eigenvalue weighted by molar-refractivity contribution is 5.79. The molecule has 4 aromatic rings. The number of fused-ring (bicyclic) bond motifs is 1. The SMILES string of the molecule is CC(C)OC(=O)OCn1c(N(C)C2CCN(c3nc4ccccc4n3Cc3ccc(F)cc3)CC2)nccc1=O. The van der Waals surface area contributed by atoms with Crippen molar-refractivity contribution in [3.8, 4) is 0 Å². The summed E-state index contributed by atoms with van der Waals surface area (Å²) in [6.07, 6.45) is 1.91. The molecule has 2 aromatic carbocycles. The Morgan fingerprint density at radius 2 is 1.80 bits per heavy atom. The quantitative estimate of drug-likeness (QED) is 0.299. The van der Waals surface area contributed by atoms with E-state index in [1.807, 2.05) is 30.1 Å². The molecule has 5 rings (SSSR count). The van der Waals surface area contributed by atoms with E-state index in [1.54, 1.807) is 26.0 Å². The lowest BCUT2D eigenvalue weighted by Crippen LogP contribution is -2.46. The molecule has 0 N–H and O–H groups in total. The van der Waals surface area contributed by atoms with Crippen LogP contribution in [-0.4, -0.2) is 57.5 Å². The molecule has 1 aliphatic rings. The fourth-order valence-corrected chi connectivity index (χ4v) is 5.02. The van der Waals surface area contributed by atoms with E-state index in [1.165, 1.54) is 29.0 Å². The number of hydrogen-bond acceptors (Lipinski definition) is 8. The van der Waals surface area contributed by atoms with Gasteiger partial charge in [-0.3, -0.25) is 4.79 Å². The molecule has 0 amide bonds. The lowest BCUT2D eigenvalue weighted by molar-refractivity contribution is 0.0154. The van der Waals surface area contributed by atoms with E-state index < -0.39 is 6.16 Å². The zero-order chi connectivity index (χ0) is 28.2. The van der Waals surface area contributed by atoms with Gasteiger partial charge in [-0.25, -0.2) is 23.7 Å². The lowest BCUT2D eigenvalue weighted by atomic mass is 10.0. The summed E-state index contributed by atoms with van der Waals surface area (Å²) in [6.45, 7) is 5.23. The predicted molar refractivity (Wildman–Crippen MR) is 150 cm³/mol. The maximum Gasteiger partial charge on any atom is 0.510 e. The van der Waals surface area contributed by atoms with Crippen LogP contribution in [0.15, 0.2) is 65.6 Å². The number of nitrogens with zero attached hydrogens (tertiary/aromatic N) is 6. The molecule has 40 heavy (non-hydrogen) atoms. The number of ether oxygens (including phenoxy) is 2. The number of anilines is 2. The average molecular weight is 549 g/mol. The molecule has 0 aliphatic carbocycles. The summed E-state index contributed by atoms with van der Waals surface area (Å²) in [6, 6.07) is 16.0. The molecule has 3 heterocycles. The van der Waals surface area contributed by atoms with Gasteiger partial charge in [0.1, 0.15) is 5.82 Å². The van der Waals surface area contributed by atoms with Crippen LogP contribution in [0.1, 0.15) is 32.3 Å². The van der Waals surface area contributed by atoms with Crippen molar-refractivity contribution in [1.29, 1.82) is 0 Å². The number of imidazole rings is 1. The number of halogens is 1. The van der Waals surface area contributed by atoms with Gasteiger partial charge in [-0.1, -0.05) is 24.3 Å². The third-order valence-electron chi connectivity index (χ3n) is 7.06. The number of carbonyl (C=O) groups excluding carboxylic acids is 1. The highest BCUT2D eigenvalue weighted by Crippen LogP contribution is 2.28. The second-order valence-corrected chi connectivity index (χ2v) is 10.1. The van der Waals surface area contributed by atoms with E-state index in [0.29, 0.717) is 12.5 Å². The summed E-state index contributed by atoms with van der Waals surface area (Å²) < 4.78 is 27.2. The van der Waals surface area contributed by atoms with E-state index >= 15 is 0 Å². The van der Waals surface area contributed by atoms with Crippen LogP contribution in [-0.2, 0) is 22.7 Å². The molecule has 210 valence electrons. The fraction of sp³-hybridized carbons (Fsp3) is 0.379. The van der Waals surface area contributed by atoms with Crippen molar-refractivity contribution >= 4 is 29.1 Å². The molecule has 0 unspecified atom stereocenters. The van der Waals surface area contributed by atoms with Crippen LogP contribution in [0.5, 0.6) is 0 Å². The number of carbonyl (C=O) groups is 1. The zero-order valence-corrected chi connectivity index (χ0v) is 22.9. The van der Waals surface area contributed by atoms with Crippen LogP contribution in [0, 0.1) is 5.82 Å². The molecule has 2 aromatic heterocycles. The Hall–Kier alpha value is -4.41. The van der Waals surface area contributed by atoms with Gasteiger partial charge in [-0.2, -0.15) is 0 Å². The first-order chi connectivity index (χ1) is 19.3. The third kappa shape index (κ3) is 5.93. The molecule has 10 nitrogen and oxygen atoms in total. The normalized spacial score (nSPS) is 14.1.